The van der Waals surface area contributed by atoms with Crippen molar-refractivity contribution in [3.63, 3.8) is 0 Å². The van der Waals surface area contributed by atoms with Crippen molar-refractivity contribution < 1.29 is 4.79 Å². The van der Waals surface area contributed by atoms with Gasteiger partial charge in [0.15, 0.2) is 0 Å². The zero-order valence-corrected chi connectivity index (χ0v) is 14.6. The Balaban J connectivity index is 1.57. The minimum atomic E-state index is -0.298. The van der Waals surface area contributed by atoms with E-state index in [1.54, 1.807) is 6.20 Å². The van der Waals surface area contributed by atoms with E-state index in [2.05, 4.69) is 29.7 Å². The standard InChI is InChI=1S/C19H22N6O/c26-18(16-14-20-8-9-21-16)23-19-22-15-6-2-3-7-17(15)25(19)13-12-24-10-4-1-5-11-24/h2-3,6-9,14H,1,4-5,10-13H2,(H,22,23,26). The number of anilines is 1. The molecule has 0 saturated carbocycles. The number of fused-ring (bicyclic) bond motifs is 1. The maximum atomic E-state index is 12.5. The first kappa shape index (κ1) is 16.7. The van der Waals surface area contributed by atoms with Crippen molar-refractivity contribution in [3.8, 4) is 0 Å². The van der Waals surface area contributed by atoms with Gasteiger partial charge in [-0.3, -0.25) is 15.1 Å². The molecule has 1 aromatic carbocycles. The molecule has 2 aromatic heterocycles. The van der Waals surface area contributed by atoms with Gasteiger partial charge in [0.2, 0.25) is 5.95 Å². The zero-order valence-electron chi connectivity index (χ0n) is 14.6. The van der Waals surface area contributed by atoms with Crippen molar-refractivity contribution in [2.24, 2.45) is 0 Å². The summed E-state index contributed by atoms with van der Waals surface area (Å²) >= 11 is 0. The Labute approximate surface area is 152 Å². The number of nitrogens with zero attached hydrogens (tertiary/aromatic N) is 5. The van der Waals surface area contributed by atoms with Crippen LogP contribution in [0.15, 0.2) is 42.9 Å². The molecule has 1 amide bonds. The lowest BCUT2D eigenvalue weighted by molar-refractivity contribution is 0.102. The molecule has 0 spiro atoms. The first-order chi connectivity index (χ1) is 12.8. The Morgan fingerprint density at radius 3 is 2.73 bits per heavy atom. The number of aromatic nitrogens is 4. The van der Waals surface area contributed by atoms with Gasteiger partial charge in [-0.2, -0.15) is 0 Å². The molecule has 0 radical (unpaired) electrons. The fraction of sp³-hybridized carbons (Fsp3) is 0.368. The highest BCUT2D eigenvalue weighted by atomic mass is 16.2. The molecule has 1 aliphatic rings. The molecule has 0 atom stereocenters. The van der Waals surface area contributed by atoms with Crippen LogP contribution in [0.4, 0.5) is 5.95 Å². The molecule has 4 rings (SSSR count). The topological polar surface area (TPSA) is 75.9 Å². The van der Waals surface area contributed by atoms with E-state index in [1.165, 1.54) is 31.7 Å². The van der Waals surface area contributed by atoms with Gasteiger partial charge >= 0.3 is 0 Å². The Hall–Kier alpha value is -2.80. The van der Waals surface area contributed by atoms with Crippen molar-refractivity contribution in [1.29, 1.82) is 0 Å². The molecule has 7 heteroatoms. The minimum absolute atomic E-state index is 0.280. The van der Waals surface area contributed by atoms with Crippen molar-refractivity contribution >= 4 is 22.9 Å². The van der Waals surface area contributed by atoms with Gasteiger partial charge in [-0.1, -0.05) is 18.6 Å². The number of hydrogen-bond acceptors (Lipinski definition) is 5. The molecule has 1 fully saturated rings. The van der Waals surface area contributed by atoms with Crippen LogP contribution < -0.4 is 5.32 Å². The van der Waals surface area contributed by atoms with Crippen molar-refractivity contribution in [3.05, 3.63) is 48.5 Å². The van der Waals surface area contributed by atoms with Crippen LogP contribution in [0.5, 0.6) is 0 Å². The van der Waals surface area contributed by atoms with Gasteiger partial charge < -0.3 is 9.47 Å². The number of carbonyl (C=O) groups excluding carboxylic acids is 1. The van der Waals surface area contributed by atoms with Crippen LogP contribution in [-0.2, 0) is 6.54 Å². The Morgan fingerprint density at radius 2 is 1.92 bits per heavy atom. The minimum Gasteiger partial charge on any atom is -0.309 e. The third kappa shape index (κ3) is 3.57. The molecule has 0 unspecified atom stereocenters. The molecule has 1 saturated heterocycles. The van der Waals surface area contributed by atoms with Crippen LogP contribution in [0.2, 0.25) is 0 Å². The number of amides is 1. The third-order valence-corrected chi connectivity index (χ3v) is 4.76. The van der Waals surface area contributed by atoms with Gasteiger partial charge in [0, 0.05) is 25.5 Å². The van der Waals surface area contributed by atoms with Crippen LogP contribution in [0.25, 0.3) is 11.0 Å². The van der Waals surface area contributed by atoms with Crippen molar-refractivity contribution in [2.45, 2.75) is 25.8 Å². The number of imidazole rings is 1. The lowest BCUT2D eigenvalue weighted by atomic mass is 10.1. The fourth-order valence-electron chi connectivity index (χ4n) is 3.40. The summed E-state index contributed by atoms with van der Waals surface area (Å²) in [6.07, 6.45) is 8.36. The van der Waals surface area contributed by atoms with Crippen LogP contribution >= 0.6 is 0 Å². The average molecular weight is 350 g/mol. The molecule has 0 bridgehead atoms. The van der Waals surface area contributed by atoms with E-state index in [4.69, 9.17) is 0 Å². The third-order valence-electron chi connectivity index (χ3n) is 4.76. The van der Waals surface area contributed by atoms with E-state index in [0.717, 1.165) is 37.2 Å². The Bertz CT molecular complexity index is 885. The number of para-hydroxylation sites is 2. The fourth-order valence-corrected chi connectivity index (χ4v) is 3.40. The molecule has 1 aliphatic heterocycles. The molecule has 3 heterocycles. The van der Waals surface area contributed by atoms with Crippen LogP contribution in [-0.4, -0.2) is 50.0 Å². The second-order valence-corrected chi connectivity index (χ2v) is 6.52. The van der Waals surface area contributed by atoms with Gasteiger partial charge in [0.25, 0.3) is 5.91 Å². The van der Waals surface area contributed by atoms with Crippen LogP contribution in [0, 0.1) is 0 Å². The SMILES string of the molecule is O=C(Nc1nc2ccccc2n1CCN1CCCCC1)c1cnccn1. The molecule has 26 heavy (non-hydrogen) atoms. The van der Waals surface area contributed by atoms with E-state index >= 15 is 0 Å². The second kappa shape index (κ2) is 7.61. The molecule has 134 valence electrons. The summed E-state index contributed by atoms with van der Waals surface area (Å²) in [5.41, 5.74) is 2.18. The molecular weight excluding hydrogens is 328 g/mol. The number of piperidine rings is 1. The lowest BCUT2D eigenvalue weighted by Gasteiger charge is -2.26. The van der Waals surface area contributed by atoms with Crippen LogP contribution in [0.3, 0.4) is 0 Å². The number of benzene rings is 1. The maximum absolute atomic E-state index is 12.5. The summed E-state index contributed by atoms with van der Waals surface area (Å²) in [4.78, 5) is 27.6. The highest BCUT2D eigenvalue weighted by Crippen LogP contribution is 2.20. The summed E-state index contributed by atoms with van der Waals surface area (Å²) in [5.74, 6) is 0.256. The first-order valence-corrected chi connectivity index (χ1v) is 9.06. The number of nitrogens with one attached hydrogen (secondary N) is 1. The number of rotatable bonds is 5. The second-order valence-electron chi connectivity index (χ2n) is 6.52. The summed E-state index contributed by atoms with van der Waals surface area (Å²) < 4.78 is 2.08. The lowest BCUT2D eigenvalue weighted by Crippen LogP contribution is -2.32. The van der Waals surface area contributed by atoms with E-state index in [-0.39, 0.29) is 11.6 Å². The molecule has 1 N–H and O–H groups in total. The maximum Gasteiger partial charge on any atom is 0.278 e. The predicted molar refractivity (Wildman–Crippen MR) is 100 cm³/mol. The molecule has 3 aromatic rings. The molecule has 7 nitrogen and oxygen atoms in total. The number of likely N-dealkylation sites (tertiary alicyclic amines) is 1. The normalized spacial score (nSPS) is 15.2. The Kier molecular flexibility index (Phi) is 4.88. The molecular formula is C19H22N6O. The summed E-state index contributed by atoms with van der Waals surface area (Å²) in [5, 5.41) is 2.90. The highest BCUT2D eigenvalue weighted by Gasteiger charge is 2.16. The largest absolute Gasteiger partial charge is 0.309 e. The van der Waals surface area contributed by atoms with Gasteiger partial charge in [0.1, 0.15) is 5.69 Å². The monoisotopic (exact) mass is 350 g/mol. The van der Waals surface area contributed by atoms with E-state index < -0.39 is 0 Å². The van der Waals surface area contributed by atoms with E-state index in [0.29, 0.717) is 5.95 Å². The first-order valence-electron chi connectivity index (χ1n) is 9.06. The number of carbonyl (C=O) groups is 1. The van der Waals surface area contributed by atoms with Crippen molar-refractivity contribution in [2.75, 3.05) is 25.0 Å². The summed E-state index contributed by atoms with van der Waals surface area (Å²) in [6.45, 7) is 4.03. The highest BCUT2D eigenvalue weighted by molar-refractivity contribution is 6.02. The van der Waals surface area contributed by atoms with Crippen molar-refractivity contribution in [1.82, 2.24) is 24.4 Å². The quantitative estimate of drug-likeness (QED) is 0.765. The van der Waals surface area contributed by atoms with Gasteiger partial charge in [-0.15, -0.1) is 0 Å². The van der Waals surface area contributed by atoms with Gasteiger partial charge in [-0.25, -0.2) is 9.97 Å². The summed E-state index contributed by atoms with van der Waals surface area (Å²) in [7, 11) is 0. The average Bonchev–Trinajstić information content (AvgIpc) is 3.05. The predicted octanol–water partition coefficient (Wildman–Crippen LogP) is 2.56. The van der Waals surface area contributed by atoms with E-state index in [9.17, 15) is 4.79 Å². The smallest absolute Gasteiger partial charge is 0.278 e. The van der Waals surface area contributed by atoms with Gasteiger partial charge in [0.05, 0.1) is 17.2 Å². The Morgan fingerprint density at radius 1 is 1.08 bits per heavy atom. The summed E-state index contributed by atoms with van der Waals surface area (Å²) in [6, 6.07) is 7.95. The number of hydrogen-bond donors (Lipinski definition) is 1. The van der Waals surface area contributed by atoms with Crippen LogP contribution in [0.1, 0.15) is 29.8 Å². The molecule has 0 aliphatic carbocycles. The zero-order chi connectivity index (χ0) is 17.8. The van der Waals surface area contributed by atoms with Gasteiger partial charge in [-0.05, 0) is 38.1 Å². The van der Waals surface area contributed by atoms with E-state index in [1.807, 2.05) is 24.3 Å².